The lowest BCUT2D eigenvalue weighted by Crippen LogP contribution is -2.52. The molecule has 2 heterocycles. The fourth-order valence-corrected chi connectivity index (χ4v) is 2.67. The average Bonchev–Trinajstić information content (AvgIpc) is 2.97. The minimum absolute atomic E-state index is 0.127. The van der Waals surface area contributed by atoms with Gasteiger partial charge in [-0.25, -0.2) is 0 Å². The van der Waals surface area contributed by atoms with E-state index in [1.807, 2.05) is 18.7 Å². The highest BCUT2D eigenvalue weighted by atomic mass is 16.5. The maximum Gasteiger partial charge on any atom is 0.232 e. The van der Waals surface area contributed by atoms with Gasteiger partial charge in [0.15, 0.2) is 0 Å². The van der Waals surface area contributed by atoms with E-state index in [0.29, 0.717) is 19.1 Å². The molecule has 5 heteroatoms. The third kappa shape index (κ3) is 2.53. The Kier molecular flexibility index (Phi) is 4.25. The number of ether oxygens (including phenoxy) is 2. The molecule has 2 saturated heterocycles. The number of carbonyl (C=O) groups is 1. The van der Waals surface area contributed by atoms with Crippen molar-refractivity contribution in [2.24, 2.45) is 17.1 Å². The van der Waals surface area contributed by atoms with Crippen LogP contribution in [0.3, 0.4) is 0 Å². The predicted molar refractivity (Wildman–Crippen MR) is 68.1 cm³/mol. The zero-order valence-corrected chi connectivity index (χ0v) is 11.4. The monoisotopic (exact) mass is 256 g/mol. The molecule has 0 aromatic carbocycles. The molecule has 3 unspecified atom stereocenters. The summed E-state index contributed by atoms with van der Waals surface area (Å²) in [6.45, 7) is 7.92. The van der Waals surface area contributed by atoms with Gasteiger partial charge in [0.25, 0.3) is 0 Å². The van der Waals surface area contributed by atoms with Gasteiger partial charge >= 0.3 is 0 Å². The van der Waals surface area contributed by atoms with E-state index in [-0.39, 0.29) is 11.9 Å². The summed E-state index contributed by atoms with van der Waals surface area (Å²) in [5.74, 6) is 0.595. The van der Waals surface area contributed by atoms with Crippen LogP contribution in [-0.4, -0.2) is 56.4 Å². The highest BCUT2D eigenvalue weighted by molar-refractivity contribution is 5.83. The topological polar surface area (TPSA) is 64.8 Å². The minimum atomic E-state index is -0.560. The summed E-state index contributed by atoms with van der Waals surface area (Å²) in [4.78, 5) is 14.5. The van der Waals surface area contributed by atoms with Crippen LogP contribution in [-0.2, 0) is 14.3 Å². The van der Waals surface area contributed by atoms with Gasteiger partial charge in [-0.1, -0.05) is 0 Å². The zero-order valence-electron chi connectivity index (χ0n) is 11.4. The SMILES string of the molecule is CCN(CC1CCOC1)C(=O)C1(C)COCC1N. The van der Waals surface area contributed by atoms with E-state index in [2.05, 4.69) is 0 Å². The Bertz CT molecular complexity index is 305. The lowest BCUT2D eigenvalue weighted by atomic mass is 9.84. The molecule has 1 amide bonds. The van der Waals surface area contributed by atoms with E-state index >= 15 is 0 Å². The van der Waals surface area contributed by atoms with Crippen LogP contribution < -0.4 is 5.73 Å². The lowest BCUT2D eigenvalue weighted by molar-refractivity contribution is -0.142. The van der Waals surface area contributed by atoms with Gasteiger partial charge in [-0.2, -0.15) is 0 Å². The number of hydrogen-bond acceptors (Lipinski definition) is 4. The van der Waals surface area contributed by atoms with E-state index in [9.17, 15) is 4.79 Å². The van der Waals surface area contributed by atoms with Crippen LogP contribution >= 0.6 is 0 Å². The van der Waals surface area contributed by atoms with Crippen molar-refractivity contribution in [2.75, 3.05) is 39.5 Å². The average molecular weight is 256 g/mol. The summed E-state index contributed by atoms with van der Waals surface area (Å²) in [7, 11) is 0. The molecule has 2 fully saturated rings. The van der Waals surface area contributed by atoms with E-state index in [1.54, 1.807) is 0 Å². The van der Waals surface area contributed by atoms with Crippen LogP contribution in [0, 0.1) is 11.3 Å². The molecule has 0 aromatic heterocycles. The summed E-state index contributed by atoms with van der Waals surface area (Å²) >= 11 is 0. The molecule has 0 aromatic rings. The molecule has 2 aliphatic rings. The fraction of sp³-hybridized carbons (Fsp3) is 0.923. The van der Waals surface area contributed by atoms with Crippen molar-refractivity contribution >= 4 is 5.91 Å². The second kappa shape index (κ2) is 5.55. The van der Waals surface area contributed by atoms with Crippen LogP contribution in [0.4, 0.5) is 0 Å². The summed E-state index contributed by atoms with van der Waals surface area (Å²) in [6, 6.07) is -0.195. The summed E-state index contributed by atoms with van der Waals surface area (Å²) < 4.78 is 10.7. The molecule has 2 aliphatic heterocycles. The molecule has 18 heavy (non-hydrogen) atoms. The molecule has 5 nitrogen and oxygen atoms in total. The Morgan fingerprint density at radius 3 is 2.72 bits per heavy atom. The molecule has 2 rings (SSSR count). The van der Waals surface area contributed by atoms with Crippen LogP contribution in [0.1, 0.15) is 20.3 Å². The van der Waals surface area contributed by atoms with Crippen LogP contribution in [0.25, 0.3) is 0 Å². The molecule has 0 bridgehead atoms. The number of nitrogens with two attached hydrogens (primary N) is 1. The largest absolute Gasteiger partial charge is 0.381 e. The molecule has 0 spiro atoms. The molecular weight excluding hydrogens is 232 g/mol. The third-order valence-corrected chi connectivity index (χ3v) is 4.18. The van der Waals surface area contributed by atoms with Crippen molar-refractivity contribution in [3.8, 4) is 0 Å². The van der Waals surface area contributed by atoms with Crippen molar-refractivity contribution in [1.29, 1.82) is 0 Å². The Morgan fingerprint density at radius 1 is 1.44 bits per heavy atom. The molecule has 0 aliphatic carbocycles. The molecular formula is C13H24N2O3. The van der Waals surface area contributed by atoms with Gasteiger partial charge in [-0.05, 0) is 20.3 Å². The minimum Gasteiger partial charge on any atom is -0.381 e. The molecule has 2 N–H and O–H groups in total. The number of rotatable bonds is 4. The summed E-state index contributed by atoms with van der Waals surface area (Å²) in [5.41, 5.74) is 5.46. The second-order valence-corrected chi connectivity index (χ2v) is 5.61. The van der Waals surface area contributed by atoms with Crippen molar-refractivity contribution in [3.63, 3.8) is 0 Å². The Hall–Kier alpha value is -0.650. The van der Waals surface area contributed by atoms with Gasteiger partial charge < -0.3 is 20.1 Å². The molecule has 3 atom stereocenters. The third-order valence-electron chi connectivity index (χ3n) is 4.18. The predicted octanol–water partition coefficient (Wildman–Crippen LogP) is 0.235. The molecule has 0 radical (unpaired) electrons. The highest BCUT2D eigenvalue weighted by Gasteiger charge is 2.46. The first kappa shape index (κ1) is 13.8. The molecule has 0 saturated carbocycles. The van der Waals surface area contributed by atoms with Gasteiger partial charge in [0.2, 0.25) is 5.91 Å². The van der Waals surface area contributed by atoms with Crippen molar-refractivity contribution in [1.82, 2.24) is 4.90 Å². The van der Waals surface area contributed by atoms with Gasteiger partial charge in [-0.3, -0.25) is 4.79 Å². The van der Waals surface area contributed by atoms with Gasteiger partial charge in [0.1, 0.15) is 0 Å². The van der Waals surface area contributed by atoms with E-state index in [4.69, 9.17) is 15.2 Å². The number of carbonyl (C=O) groups excluding carboxylic acids is 1. The first-order valence-electron chi connectivity index (χ1n) is 6.78. The van der Waals surface area contributed by atoms with Crippen LogP contribution in [0.2, 0.25) is 0 Å². The van der Waals surface area contributed by atoms with Crippen LogP contribution in [0.15, 0.2) is 0 Å². The summed E-state index contributed by atoms with van der Waals surface area (Å²) in [6.07, 6.45) is 1.04. The lowest BCUT2D eigenvalue weighted by Gasteiger charge is -2.33. The normalized spacial score (nSPS) is 35.9. The first-order valence-corrected chi connectivity index (χ1v) is 6.78. The van der Waals surface area contributed by atoms with Crippen LogP contribution in [0.5, 0.6) is 0 Å². The highest BCUT2D eigenvalue weighted by Crippen LogP contribution is 2.30. The van der Waals surface area contributed by atoms with Crippen molar-refractivity contribution < 1.29 is 14.3 Å². The van der Waals surface area contributed by atoms with Gasteiger partial charge in [0.05, 0.1) is 25.2 Å². The number of amides is 1. The van der Waals surface area contributed by atoms with Gasteiger partial charge in [-0.15, -0.1) is 0 Å². The quantitative estimate of drug-likeness (QED) is 0.782. The van der Waals surface area contributed by atoms with Gasteiger partial charge in [0, 0.05) is 31.7 Å². The fourth-order valence-electron chi connectivity index (χ4n) is 2.67. The van der Waals surface area contributed by atoms with E-state index < -0.39 is 5.41 Å². The maximum atomic E-state index is 12.6. The van der Waals surface area contributed by atoms with E-state index in [0.717, 1.165) is 32.7 Å². The van der Waals surface area contributed by atoms with E-state index in [1.165, 1.54) is 0 Å². The maximum absolute atomic E-state index is 12.6. The summed E-state index contributed by atoms with van der Waals surface area (Å²) in [5, 5.41) is 0. The molecule has 104 valence electrons. The smallest absolute Gasteiger partial charge is 0.232 e. The number of hydrogen-bond donors (Lipinski definition) is 1. The first-order chi connectivity index (χ1) is 8.58. The standard InChI is InChI=1S/C13H24N2O3/c1-3-15(6-10-4-5-17-7-10)12(16)13(2)9-18-8-11(13)14/h10-11H,3-9,14H2,1-2H3. The number of nitrogens with zero attached hydrogens (tertiary/aromatic N) is 1. The Labute approximate surface area is 109 Å². The Balaban J connectivity index is 2.00. The zero-order chi connectivity index (χ0) is 13.2. The van der Waals surface area contributed by atoms with Crippen molar-refractivity contribution in [3.05, 3.63) is 0 Å². The second-order valence-electron chi connectivity index (χ2n) is 5.61. The van der Waals surface area contributed by atoms with Crippen molar-refractivity contribution in [2.45, 2.75) is 26.3 Å². The Morgan fingerprint density at radius 2 is 2.22 bits per heavy atom.